The molecule has 1 fully saturated rings. The Kier molecular flexibility index (Phi) is 12.8. The van der Waals surface area contributed by atoms with E-state index in [0.29, 0.717) is 30.0 Å². The molecule has 2 aliphatic heterocycles. The summed E-state index contributed by atoms with van der Waals surface area (Å²) in [6.07, 6.45) is 1.58. The van der Waals surface area contributed by atoms with Gasteiger partial charge in [-0.3, -0.25) is 9.69 Å². The number of anilines is 1. The number of hydrogen-bond donors (Lipinski definition) is 2. The molecule has 0 bridgehead atoms. The molecule has 2 aliphatic rings. The maximum absolute atomic E-state index is 12.2. The Morgan fingerprint density at radius 3 is 2.46 bits per heavy atom. The Morgan fingerprint density at radius 1 is 1.14 bits per heavy atom. The molecular formula is C25H37Cl2N3O5. The molecule has 1 unspecified atom stereocenters. The van der Waals surface area contributed by atoms with Crippen LogP contribution in [-0.4, -0.2) is 83.5 Å². The average Bonchev–Trinajstić information content (AvgIpc) is 2.78. The summed E-state index contributed by atoms with van der Waals surface area (Å²) in [5.74, 6) is 2.22. The van der Waals surface area contributed by atoms with Crippen LogP contribution in [-0.2, 0) is 0 Å². The molecular weight excluding hydrogens is 493 g/mol. The molecule has 0 radical (unpaired) electrons. The highest BCUT2D eigenvalue weighted by Crippen LogP contribution is 2.35. The zero-order valence-corrected chi connectivity index (χ0v) is 22.2. The molecule has 0 amide bonds. The number of benzene rings is 1. The van der Waals surface area contributed by atoms with Crippen molar-refractivity contribution in [3.8, 4) is 11.5 Å². The lowest BCUT2D eigenvalue weighted by Gasteiger charge is -2.36. The second-order valence-corrected chi connectivity index (χ2v) is 8.88. The molecule has 1 saturated heterocycles. The van der Waals surface area contributed by atoms with E-state index < -0.39 is 11.7 Å². The number of fused-ring (bicyclic) bond motifs is 1. The van der Waals surface area contributed by atoms with E-state index >= 15 is 0 Å². The van der Waals surface area contributed by atoms with Crippen molar-refractivity contribution in [2.75, 3.05) is 50.8 Å². The second-order valence-electron chi connectivity index (χ2n) is 8.88. The summed E-state index contributed by atoms with van der Waals surface area (Å²) in [6, 6.07) is 11.2. The zero-order valence-electron chi connectivity index (χ0n) is 20.6. The van der Waals surface area contributed by atoms with Gasteiger partial charge in [0.15, 0.2) is 5.78 Å². The summed E-state index contributed by atoms with van der Waals surface area (Å²) >= 11 is 0. The Bertz CT molecular complexity index is 909. The first-order valence-corrected chi connectivity index (χ1v) is 11.5. The van der Waals surface area contributed by atoms with Gasteiger partial charge in [0.25, 0.3) is 0 Å². The van der Waals surface area contributed by atoms with Crippen molar-refractivity contribution in [2.24, 2.45) is 0 Å². The Balaban J connectivity index is 0.00000117. The number of ketones is 1. The quantitative estimate of drug-likeness (QED) is 0.588. The van der Waals surface area contributed by atoms with Gasteiger partial charge in [-0.25, -0.2) is 4.98 Å². The molecule has 196 valence electrons. The summed E-state index contributed by atoms with van der Waals surface area (Å²) in [4.78, 5) is 21.1. The number of hydrogen-bond acceptors (Lipinski definition) is 8. The van der Waals surface area contributed by atoms with Crippen molar-refractivity contribution in [1.29, 1.82) is 0 Å². The van der Waals surface area contributed by atoms with Gasteiger partial charge in [-0.05, 0) is 45.0 Å². The van der Waals surface area contributed by atoms with Gasteiger partial charge < -0.3 is 24.6 Å². The standard InChI is InChI=1S/C23H29N3O4.C2H6O.2ClH/c1-23(2)14-20(28)19-7-6-18(13-21(19)30-23)29-16-17(27)15-25-9-11-26(12-10-25)22-5-3-4-8-24-22;1-2-3;;/h3-8,13,17,27H,9-12,14-16H2,1-2H3;3H,2H2,1H3;2*1H. The normalized spacial score (nSPS) is 17.4. The van der Waals surface area contributed by atoms with Crippen LogP contribution < -0.4 is 14.4 Å². The Labute approximate surface area is 220 Å². The molecule has 4 rings (SSSR count). The summed E-state index contributed by atoms with van der Waals surface area (Å²) in [7, 11) is 0. The monoisotopic (exact) mass is 529 g/mol. The molecule has 8 nitrogen and oxygen atoms in total. The lowest BCUT2D eigenvalue weighted by atomic mass is 9.93. The zero-order chi connectivity index (χ0) is 23.8. The van der Waals surface area contributed by atoms with Crippen molar-refractivity contribution in [3.05, 3.63) is 48.2 Å². The minimum Gasteiger partial charge on any atom is -0.491 e. The third-order valence-electron chi connectivity index (χ3n) is 5.48. The Hall–Kier alpha value is -2.10. The number of carbonyl (C=O) groups is 1. The topological polar surface area (TPSA) is 95.4 Å². The number of β-amino-alcohol motifs (C(OH)–C–C–N with tert-alkyl or cyclic N) is 1. The fraction of sp³-hybridized carbons (Fsp3) is 0.520. The van der Waals surface area contributed by atoms with Gasteiger partial charge in [0, 0.05) is 51.6 Å². The van der Waals surface area contributed by atoms with Crippen molar-refractivity contribution in [1.82, 2.24) is 9.88 Å². The van der Waals surface area contributed by atoms with E-state index in [9.17, 15) is 9.90 Å². The van der Waals surface area contributed by atoms with Crippen LogP contribution in [0.25, 0.3) is 0 Å². The molecule has 2 aromatic rings. The number of piperazine rings is 1. The first kappa shape index (κ1) is 30.9. The number of pyridine rings is 1. The van der Waals surface area contributed by atoms with E-state index in [1.54, 1.807) is 25.1 Å². The molecule has 10 heteroatoms. The molecule has 2 N–H and O–H groups in total. The number of aliphatic hydroxyl groups is 2. The van der Waals surface area contributed by atoms with Crippen LogP contribution in [0.15, 0.2) is 42.6 Å². The van der Waals surface area contributed by atoms with Gasteiger partial charge in [0.1, 0.15) is 35.6 Å². The predicted octanol–water partition coefficient (Wildman–Crippen LogP) is 3.23. The van der Waals surface area contributed by atoms with Crippen LogP contribution in [0.4, 0.5) is 5.82 Å². The first-order valence-electron chi connectivity index (χ1n) is 11.5. The summed E-state index contributed by atoms with van der Waals surface area (Å²) in [5, 5.41) is 18.0. The number of nitrogens with zero attached hydrogens (tertiary/aromatic N) is 3. The lowest BCUT2D eigenvalue weighted by Crippen LogP contribution is -2.49. The molecule has 0 aliphatic carbocycles. The van der Waals surface area contributed by atoms with Gasteiger partial charge in [-0.1, -0.05) is 6.07 Å². The smallest absolute Gasteiger partial charge is 0.170 e. The van der Waals surface area contributed by atoms with E-state index in [1.165, 1.54) is 0 Å². The third kappa shape index (κ3) is 9.13. The number of ether oxygens (including phenoxy) is 2. The third-order valence-corrected chi connectivity index (χ3v) is 5.48. The number of Topliss-reactive ketones (excluding diaryl/α,β-unsaturated/α-hetero) is 1. The number of rotatable bonds is 6. The molecule has 0 saturated carbocycles. The van der Waals surface area contributed by atoms with E-state index in [-0.39, 0.29) is 43.8 Å². The van der Waals surface area contributed by atoms with E-state index in [0.717, 1.165) is 32.0 Å². The van der Waals surface area contributed by atoms with Gasteiger partial charge in [0.05, 0.1) is 12.0 Å². The maximum atomic E-state index is 12.2. The number of carbonyl (C=O) groups excluding carboxylic acids is 1. The summed E-state index contributed by atoms with van der Waals surface area (Å²) in [6.45, 7) is 10.00. The fourth-order valence-corrected chi connectivity index (χ4v) is 3.97. The van der Waals surface area contributed by atoms with Crippen LogP contribution in [0.3, 0.4) is 0 Å². The van der Waals surface area contributed by atoms with Crippen LogP contribution in [0.5, 0.6) is 11.5 Å². The highest BCUT2D eigenvalue weighted by molar-refractivity contribution is 6.00. The lowest BCUT2D eigenvalue weighted by molar-refractivity contribution is 0.0596. The largest absolute Gasteiger partial charge is 0.491 e. The average molecular weight is 530 g/mol. The minimum atomic E-state index is -0.596. The van der Waals surface area contributed by atoms with Crippen molar-refractivity contribution in [3.63, 3.8) is 0 Å². The number of aromatic nitrogens is 1. The van der Waals surface area contributed by atoms with Crippen LogP contribution in [0, 0.1) is 0 Å². The summed E-state index contributed by atoms with van der Waals surface area (Å²) < 4.78 is 11.7. The van der Waals surface area contributed by atoms with Crippen molar-refractivity contribution in [2.45, 2.75) is 38.9 Å². The predicted molar refractivity (Wildman–Crippen MR) is 142 cm³/mol. The Morgan fingerprint density at radius 2 is 1.83 bits per heavy atom. The fourth-order valence-electron chi connectivity index (χ4n) is 3.97. The molecule has 1 aromatic carbocycles. The van der Waals surface area contributed by atoms with Gasteiger partial charge in [0.2, 0.25) is 0 Å². The second kappa shape index (κ2) is 14.5. The van der Waals surface area contributed by atoms with E-state index in [2.05, 4.69) is 14.8 Å². The van der Waals surface area contributed by atoms with E-state index in [1.807, 2.05) is 38.2 Å². The van der Waals surface area contributed by atoms with Crippen molar-refractivity contribution >= 4 is 36.4 Å². The molecule has 1 aromatic heterocycles. The molecule has 35 heavy (non-hydrogen) atoms. The summed E-state index contributed by atoms with van der Waals surface area (Å²) in [5.41, 5.74) is 0.0765. The molecule has 1 atom stereocenters. The first-order chi connectivity index (χ1) is 15.8. The van der Waals surface area contributed by atoms with Crippen molar-refractivity contribution < 1.29 is 24.5 Å². The highest BCUT2D eigenvalue weighted by Gasteiger charge is 2.32. The minimum absolute atomic E-state index is 0. The van der Waals surface area contributed by atoms with E-state index in [4.69, 9.17) is 14.6 Å². The number of aliphatic hydroxyl groups excluding tert-OH is 2. The molecule has 0 spiro atoms. The SMILES string of the molecule is CC1(C)CC(=O)c2ccc(OCC(O)CN3CCN(c4ccccn4)CC3)cc2O1.CCO.Cl.Cl. The molecule has 3 heterocycles. The number of halogens is 2. The van der Waals surface area contributed by atoms with Gasteiger partial charge in [-0.15, -0.1) is 24.8 Å². The highest BCUT2D eigenvalue weighted by atomic mass is 35.5. The van der Waals surface area contributed by atoms with Crippen LogP contribution >= 0.6 is 24.8 Å². The van der Waals surface area contributed by atoms with Gasteiger partial charge in [-0.2, -0.15) is 0 Å². The maximum Gasteiger partial charge on any atom is 0.170 e. The van der Waals surface area contributed by atoms with Crippen LogP contribution in [0.2, 0.25) is 0 Å². The van der Waals surface area contributed by atoms with Gasteiger partial charge >= 0.3 is 0 Å². The van der Waals surface area contributed by atoms with Crippen LogP contribution in [0.1, 0.15) is 37.6 Å².